The summed E-state index contributed by atoms with van der Waals surface area (Å²) in [4.78, 5) is 15.4. The number of nitrogens with one attached hydrogen (secondary N) is 1. The van der Waals surface area contributed by atoms with Crippen LogP contribution in [0, 0.1) is 5.92 Å². The molecular formula is C8H9BrN2OS. The summed E-state index contributed by atoms with van der Waals surface area (Å²) in [7, 11) is 0. The van der Waals surface area contributed by atoms with Crippen LogP contribution in [-0.4, -0.2) is 17.4 Å². The number of rotatable bonds is 3. The predicted molar refractivity (Wildman–Crippen MR) is 54.9 cm³/mol. The highest BCUT2D eigenvalue weighted by Gasteiger charge is 2.22. The van der Waals surface area contributed by atoms with Gasteiger partial charge >= 0.3 is 0 Å². The Hall–Kier alpha value is -0.420. The fourth-order valence-electron chi connectivity index (χ4n) is 1.01. The number of amides is 1. The number of thiazole rings is 1. The molecule has 0 atom stereocenters. The molecule has 0 unspecified atom stereocenters. The fraction of sp³-hybridized carbons (Fsp3) is 0.500. The average molecular weight is 261 g/mol. The molecule has 1 aromatic rings. The van der Waals surface area contributed by atoms with Crippen molar-refractivity contribution in [2.75, 3.05) is 6.54 Å². The summed E-state index contributed by atoms with van der Waals surface area (Å²) in [6.07, 6.45) is 2.50. The zero-order chi connectivity index (χ0) is 9.26. The maximum absolute atomic E-state index is 11.4. The summed E-state index contributed by atoms with van der Waals surface area (Å²) in [6.45, 7) is 0.800. The fourth-order valence-corrected chi connectivity index (χ4v) is 2.00. The van der Waals surface area contributed by atoms with Crippen LogP contribution in [-0.2, 0) is 0 Å². The SMILES string of the molecule is O=C(NCC1CC1)c1csc(Br)n1. The lowest BCUT2D eigenvalue weighted by Gasteiger charge is -1.99. The molecule has 3 nitrogen and oxygen atoms in total. The third-order valence-corrected chi connectivity index (χ3v) is 3.32. The Labute approximate surface area is 88.7 Å². The first-order chi connectivity index (χ1) is 6.25. The molecule has 0 spiro atoms. The van der Waals surface area contributed by atoms with Crippen LogP contribution in [0.15, 0.2) is 9.30 Å². The van der Waals surface area contributed by atoms with E-state index in [4.69, 9.17) is 0 Å². The van der Waals surface area contributed by atoms with Gasteiger partial charge in [-0.15, -0.1) is 11.3 Å². The molecule has 0 aromatic carbocycles. The topological polar surface area (TPSA) is 42.0 Å². The number of halogens is 1. The third-order valence-electron chi connectivity index (χ3n) is 1.96. The van der Waals surface area contributed by atoms with Crippen LogP contribution >= 0.6 is 27.3 Å². The van der Waals surface area contributed by atoms with Crippen molar-refractivity contribution in [1.82, 2.24) is 10.3 Å². The van der Waals surface area contributed by atoms with Crippen molar-refractivity contribution in [2.24, 2.45) is 5.92 Å². The van der Waals surface area contributed by atoms with E-state index in [9.17, 15) is 4.79 Å². The molecule has 1 heterocycles. The van der Waals surface area contributed by atoms with Crippen LogP contribution in [0.1, 0.15) is 23.3 Å². The maximum atomic E-state index is 11.4. The minimum atomic E-state index is -0.0612. The normalized spacial score (nSPS) is 15.8. The molecule has 2 rings (SSSR count). The smallest absolute Gasteiger partial charge is 0.270 e. The van der Waals surface area contributed by atoms with Crippen molar-refractivity contribution in [3.05, 3.63) is 15.0 Å². The zero-order valence-corrected chi connectivity index (χ0v) is 9.32. The van der Waals surface area contributed by atoms with E-state index in [2.05, 4.69) is 26.2 Å². The van der Waals surface area contributed by atoms with Crippen molar-refractivity contribution in [2.45, 2.75) is 12.8 Å². The Morgan fingerprint density at radius 2 is 2.54 bits per heavy atom. The van der Waals surface area contributed by atoms with E-state index >= 15 is 0 Å². The highest BCUT2D eigenvalue weighted by atomic mass is 79.9. The minimum absolute atomic E-state index is 0.0612. The standard InChI is InChI=1S/C8H9BrN2OS/c9-8-11-6(4-13-8)7(12)10-3-5-1-2-5/h4-5H,1-3H2,(H,10,12). The second-order valence-corrected chi connectivity index (χ2v) is 5.27. The first-order valence-corrected chi connectivity index (χ1v) is 5.82. The van der Waals surface area contributed by atoms with Crippen molar-refractivity contribution < 1.29 is 4.79 Å². The molecule has 0 saturated heterocycles. The van der Waals surface area contributed by atoms with Gasteiger partial charge in [0.15, 0.2) is 3.92 Å². The largest absolute Gasteiger partial charge is 0.350 e. The van der Waals surface area contributed by atoms with Gasteiger partial charge in [-0.3, -0.25) is 4.79 Å². The summed E-state index contributed by atoms with van der Waals surface area (Å²) in [5, 5.41) is 4.61. The monoisotopic (exact) mass is 260 g/mol. The lowest BCUT2D eigenvalue weighted by Crippen LogP contribution is -2.25. The van der Waals surface area contributed by atoms with E-state index in [0.29, 0.717) is 11.6 Å². The Morgan fingerprint density at radius 1 is 1.77 bits per heavy atom. The molecule has 0 radical (unpaired) electrons. The van der Waals surface area contributed by atoms with E-state index in [1.54, 1.807) is 5.38 Å². The number of carbonyl (C=O) groups excluding carboxylic acids is 1. The Bertz CT molecular complexity index is 322. The molecule has 1 amide bonds. The molecule has 1 aliphatic carbocycles. The summed E-state index contributed by atoms with van der Waals surface area (Å²) >= 11 is 4.65. The van der Waals surface area contributed by atoms with Crippen molar-refractivity contribution in [3.8, 4) is 0 Å². The second-order valence-electron chi connectivity index (χ2n) is 3.14. The van der Waals surface area contributed by atoms with Gasteiger partial charge < -0.3 is 5.32 Å². The summed E-state index contributed by atoms with van der Waals surface area (Å²) in [6, 6.07) is 0. The molecule has 70 valence electrons. The quantitative estimate of drug-likeness (QED) is 0.904. The van der Waals surface area contributed by atoms with Gasteiger partial charge in [0.05, 0.1) is 0 Å². The summed E-state index contributed by atoms with van der Waals surface area (Å²) in [5.41, 5.74) is 0.512. The van der Waals surface area contributed by atoms with Crippen LogP contribution in [0.5, 0.6) is 0 Å². The van der Waals surface area contributed by atoms with Gasteiger partial charge in [-0.1, -0.05) is 0 Å². The number of carbonyl (C=O) groups is 1. The van der Waals surface area contributed by atoms with Crippen LogP contribution < -0.4 is 5.32 Å². The number of aromatic nitrogens is 1. The number of nitrogens with zero attached hydrogens (tertiary/aromatic N) is 1. The molecule has 1 N–H and O–H groups in total. The molecule has 13 heavy (non-hydrogen) atoms. The Morgan fingerprint density at radius 3 is 3.08 bits per heavy atom. The van der Waals surface area contributed by atoms with E-state index in [-0.39, 0.29) is 5.91 Å². The molecule has 1 fully saturated rings. The van der Waals surface area contributed by atoms with Crippen LogP contribution in [0.4, 0.5) is 0 Å². The van der Waals surface area contributed by atoms with Crippen LogP contribution in [0.3, 0.4) is 0 Å². The van der Waals surface area contributed by atoms with Gasteiger partial charge in [0.25, 0.3) is 5.91 Å². The van der Waals surface area contributed by atoms with Crippen molar-refractivity contribution >= 4 is 33.2 Å². The first kappa shape index (κ1) is 9.15. The van der Waals surface area contributed by atoms with E-state index in [0.717, 1.165) is 10.5 Å². The zero-order valence-electron chi connectivity index (χ0n) is 6.92. The van der Waals surface area contributed by atoms with Gasteiger partial charge in [0.2, 0.25) is 0 Å². The minimum Gasteiger partial charge on any atom is -0.350 e. The van der Waals surface area contributed by atoms with Gasteiger partial charge in [-0.05, 0) is 34.7 Å². The van der Waals surface area contributed by atoms with E-state index < -0.39 is 0 Å². The highest BCUT2D eigenvalue weighted by molar-refractivity contribution is 9.11. The summed E-state index contributed by atoms with van der Waals surface area (Å²) in [5.74, 6) is 0.653. The van der Waals surface area contributed by atoms with Gasteiger partial charge in [-0.2, -0.15) is 0 Å². The van der Waals surface area contributed by atoms with Gasteiger partial charge in [-0.25, -0.2) is 4.98 Å². The summed E-state index contributed by atoms with van der Waals surface area (Å²) < 4.78 is 0.754. The number of hydrogen-bond donors (Lipinski definition) is 1. The van der Waals surface area contributed by atoms with Crippen LogP contribution in [0.25, 0.3) is 0 Å². The molecule has 5 heteroatoms. The lowest BCUT2D eigenvalue weighted by molar-refractivity contribution is 0.0947. The predicted octanol–water partition coefficient (Wildman–Crippen LogP) is 2.05. The molecule has 1 aromatic heterocycles. The van der Waals surface area contributed by atoms with Gasteiger partial charge in [0.1, 0.15) is 5.69 Å². The van der Waals surface area contributed by atoms with E-state index in [1.807, 2.05) is 0 Å². The number of hydrogen-bond acceptors (Lipinski definition) is 3. The highest BCUT2D eigenvalue weighted by Crippen LogP contribution is 2.27. The molecule has 0 aliphatic heterocycles. The van der Waals surface area contributed by atoms with Crippen molar-refractivity contribution in [1.29, 1.82) is 0 Å². The van der Waals surface area contributed by atoms with Gasteiger partial charge in [0, 0.05) is 11.9 Å². The molecule has 1 aliphatic rings. The molecule has 1 saturated carbocycles. The third kappa shape index (κ3) is 2.51. The molecule has 0 bridgehead atoms. The maximum Gasteiger partial charge on any atom is 0.270 e. The van der Waals surface area contributed by atoms with Crippen LogP contribution in [0.2, 0.25) is 0 Å². The lowest BCUT2D eigenvalue weighted by atomic mass is 10.4. The average Bonchev–Trinajstić information content (AvgIpc) is 2.84. The second kappa shape index (κ2) is 3.75. The van der Waals surface area contributed by atoms with Crippen molar-refractivity contribution in [3.63, 3.8) is 0 Å². The Kier molecular flexibility index (Phi) is 2.64. The first-order valence-electron chi connectivity index (χ1n) is 4.15. The van der Waals surface area contributed by atoms with E-state index in [1.165, 1.54) is 24.2 Å². The molecular weight excluding hydrogens is 252 g/mol. The Balaban J connectivity index is 1.88.